The summed E-state index contributed by atoms with van der Waals surface area (Å²) in [5, 5.41) is 11.0. The Labute approximate surface area is 95.9 Å². The molecule has 2 atom stereocenters. The van der Waals surface area contributed by atoms with Gasteiger partial charge in [-0.05, 0) is 12.0 Å². The van der Waals surface area contributed by atoms with Crippen LogP contribution in [0.1, 0.15) is 31.2 Å². The zero-order chi connectivity index (χ0) is 12.0. The van der Waals surface area contributed by atoms with E-state index in [0.717, 1.165) is 12.0 Å². The number of hydrogen-bond acceptors (Lipinski definition) is 2. The maximum Gasteiger partial charge on any atom is 0.223 e. The van der Waals surface area contributed by atoms with Crippen molar-refractivity contribution in [2.45, 2.75) is 31.7 Å². The Hall–Kier alpha value is -1.64. The highest BCUT2D eigenvalue weighted by molar-refractivity contribution is 5.24. The molecule has 0 N–H and O–H groups in total. The zero-order valence-corrected chi connectivity index (χ0v) is 9.50. The topological polar surface area (TPSA) is 43.1 Å². The lowest BCUT2D eigenvalue weighted by atomic mass is 9.89. The van der Waals surface area contributed by atoms with E-state index in [9.17, 15) is 10.1 Å². The van der Waals surface area contributed by atoms with Crippen molar-refractivity contribution in [3.05, 3.63) is 58.7 Å². The molecule has 3 nitrogen and oxygen atoms in total. The van der Waals surface area contributed by atoms with Crippen LogP contribution in [0.4, 0.5) is 0 Å². The molecule has 0 fully saturated rings. The Bertz CT molecular complexity index is 348. The maximum absolute atomic E-state index is 11.0. The summed E-state index contributed by atoms with van der Waals surface area (Å²) >= 11 is 0. The first-order valence-electron chi connectivity index (χ1n) is 5.51. The molecule has 3 heteroatoms. The second kappa shape index (κ2) is 6.05. The third kappa shape index (κ3) is 2.92. The van der Waals surface area contributed by atoms with Crippen molar-refractivity contribution in [2.75, 3.05) is 0 Å². The standard InChI is InChI=1S/C13H17NO2/c1-3-8-13(14(15)16)12(4-2)11-9-6-5-7-10-11/h4-7,9-10,12-13H,2-3,8H2,1H3. The molecule has 0 bridgehead atoms. The highest BCUT2D eigenvalue weighted by Crippen LogP contribution is 2.25. The third-order valence-electron chi connectivity index (χ3n) is 2.71. The van der Waals surface area contributed by atoms with Crippen molar-refractivity contribution in [3.8, 4) is 0 Å². The van der Waals surface area contributed by atoms with E-state index in [0.29, 0.717) is 6.42 Å². The van der Waals surface area contributed by atoms with Crippen LogP contribution in [0, 0.1) is 10.1 Å². The van der Waals surface area contributed by atoms with Gasteiger partial charge >= 0.3 is 0 Å². The summed E-state index contributed by atoms with van der Waals surface area (Å²) in [7, 11) is 0. The Morgan fingerprint density at radius 3 is 2.50 bits per heavy atom. The summed E-state index contributed by atoms with van der Waals surface area (Å²) in [4.78, 5) is 10.8. The van der Waals surface area contributed by atoms with Gasteiger partial charge in [-0.3, -0.25) is 10.1 Å². The Balaban J connectivity index is 2.95. The molecule has 0 saturated heterocycles. The largest absolute Gasteiger partial charge is 0.264 e. The van der Waals surface area contributed by atoms with Gasteiger partial charge in [-0.25, -0.2) is 0 Å². The van der Waals surface area contributed by atoms with E-state index >= 15 is 0 Å². The second-order valence-corrected chi connectivity index (χ2v) is 3.81. The highest BCUT2D eigenvalue weighted by Gasteiger charge is 2.29. The first kappa shape index (κ1) is 12.4. The van der Waals surface area contributed by atoms with Gasteiger partial charge in [-0.1, -0.05) is 43.3 Å². The molecular formula is C13H17NO2. The number of benzene rings is 1. The van der Waals surface area contributed by atoms with Gasteiger partial charge in [0.25, 0.3) is 0 Å². The lowest BCUT2D eigenvalue weighted by Gasteiger charge is -2.17. The van der Waals surface area contributed by atoms with Crippen molar-refractivity contribution in [1.29, 1.82) is 0 Å². The van der Waals surface area contributed by atoms with Crippen molar-refractivity contribution in [2.24, 2.45) is 0 Å². The first-order chi connectivity index (χ1) is 7.70. The minimum Gasteiger partial charge on any atom is -0.264 e. The number of hydrogen-bond donors (Lipinski definition) is 0. The summed E-state index contributed by atoms with van der Waals surface area (Å²) in [6.45, 7) is 5.68. The van der Waals surface area contributed by atoms with E-state index in [1.54, 1.807) is 6.08 Å². The van der Waals surface area contributed by atoms with Gasteiger partial charge in [0.2, 0.25) is 6.04 Å². The van der Waals surface area contributed by atoms with Crippen LogP contribution in [0.25, 0.3) is 0 Å². The van der Waals surface area contributed by atoms with Crippen LogP contribution in [-0.4, -0.2) is 11.0 Å². The van der Waals surface area contributed by atoms with Crippen LogP contribution in [-0.2, 0) is 0 Å². The lowest BCUT2D eigenvalue weighted by Crippen LogP contribution is -2.26. The molecule has 0 heterocycles. The van der Waals surface area contributed by atoms with E-state index < -0.39 is 6.04 Å². The first-order valence-corrected chi connectivity index (χ1v) is 5.51. The molecule has 86 valence electrons. The fourth-order valence-electron chi connectivity index (χ4n) is 1.90. The predicted octanol–water partition coefficient (Wildman–Crippen LogP) is 3.40. The average Bonchev–Trinajstić information content (AvgIpc) is 2.30. The van der Waals surface area contributed by atoms with E-state index in [1.165, 1.54) is 0 Å². The number of nitrogens with zero attached hydrogens (tertiary/aromatic N) is 1. The van der Waals surface area contributed by atoms with Crippen LogP contribution in [0.5, 0.6) is 0 Å². The van der Waals surface area contributed by atoms with Crippen LogP contribution >= 0.6 is 0 Å². The summed E-state index contributed by atoms with van der Waals surface area (Å²) in [6, 6.07) is 8.97. The predicted molar refractivity (Wildman–Crippen MR) is 65.1 cm³/mol. The fourth-order valence-corrected chi connectivity index (χ4v) is 1.90. The molecule has 1 rings (SSSR count). The fraction of sp³-hybridized carbons (Fsp3) is 0.385. The molecule has 0 spiro atoms. The van der Waals surface area contributed by atoms with Crippen molar-refractivity contribution in [3.63, 3.8) is 0 Å². The normalized spacial score (nSPS) is 14.1. The SMILES string of the molecule is C=CC(c1ccccc1)C(CCC)[N+](=O)[O-]. The quantitative estimate of drug-likeness (QED) is 0.418. The molecule has 0 amide bonds. The molecule has 0 aliphatic heterocycles. The minimum absolute atomic E-state index is 0.192. The summed E-state index contributed by atoms with van der Waals surface area (Å²) < 4.78 is 0. The Kier molecular flexibility index (Phi) is 4.70. The summed E-state index contributed by atoms with van der Waals surface area (Å²) in [6.07, 6.45) is 3.07. The van der Waals surface area contributed by atoms with Crippen molar-refractivity contribution in [1.82, 2.24) is 0 Å². The van der Waals surface area contributed by atoms with Gasteiger partial charge in [0, 0.05) is 11.3 Å². The summed E-state index contributed by atoms with van der Waals surface area (Å²) in [5.74, 6) is -0.198. The molecular weight excluding hydrogens is 202 g/mol. The molecule has 0 aliphatic rings. The van der Waals surface area contributed by atoms with E-state index in [4.69, 9.17) is 0 Å². The third-order valence-corrected chi connectivity index (χ3v) is 2.71. The van der Waals surface area contributed by atoms with Gasteiger partial charge in [0.1, 0.15) is 0 Å². The number of rotatable bonds is 6. The Morgan fingerprint density at radius 1 is 1.44 bits per heavy atom. The molecule has 0 aromatic heterocycles. The van der Waals surface area contributed by atoms with Gasteiger partial charge in [-0.15, -0.1) is 6.58 Å². The van der Waals surface area contributed by atoms with Crippen LogP contribution in [0.3, 0.4) is 0 Å². The molecule has 1 aromatic rings. The van der Waals surface area contributed by atoms with Gasteiger partial charge < -0.3 is 0 Å². The van der Waals surface area contributed by atoms with Crippen LogP contribution in [0.2, 0.25) is 0 Å². The Morgan fingerprint density at radius 2 is 2.06 bits per heavy atom. The van der Waals surface area contributed by atoms with Crippen LogP contribution < -0.4 is 0 Å². The van der Waals surface area contributed by atoms with E-state index in [-0.39, 0.29) is 10.8 Å². The van der Waals surface area contributed by atoms with Gasteiger partial charge in [0.15, 0.2) is 0 Å². The maximum atomic E-state index is 11.0. The van der Waals surface area contributed by atoms with Crippen molar-refractivity contribution >= 4 is 0 Å². The van der Waals surface area contributed by atoms with Gasteiger partial charge in [-0.2, -0.15) is 0 Å². The molecule has 1 aromatic carbocycles. The average molecular weight is 219 g/mol. The minimum atomic E-state index is -0.565. The summed E-state index contributed by atoms with van der Waals surface area (Å²) in [5.41, 5.74) is 0.965. The van der Waals surface area contributed by atoms with E-state index in [1.807, 2.05) is 37.3 Å². The molecule has 0 radical (unpaired) electrons. The molecule has 0 aliphatic carbocycles. The second-order valence-electron chi connectivity index (χ2n) is 3.81. The molecule has 2 unspecified atom stereocenters. The molecule has 16 heavy (non-hydrogen) atoms. The molecule has 0 saturated carbocycles. The monoisotopic (exact) mass is 219 g/mol. The number of nitro groups is 1. The van der Waals surface area contributed by atoms with Gasteiger partial charge in [0.05, 0.1) is 5.92 Å². The lowest BCUT2D eigenvalue weighted by molar-refractivity contribution is -0.525. The van der Waals surface area contributed by atoms with E-state index in [2.05, 4.69) is 6.58 Å². The van der Waals surface area contributed by atoms with Crippen LogP contribution in [0.15, 0.2) is 43.0 Å². The van der Waals surface area contributed by atoms with Crippen molar-refractivity contribution < 1.29 is 4.92 Å². The smallest absolute Gasteiger partial charge is 0.223 e. The highest BCUT2D eigenvalue weighted by atomic mass is 16.6. The zero-order valence-electron chi connectivity index (χ0n) is 9.50.